The maximum Gasteiger partial charge on any atom is 0.328 e. The molecule has 1 aromatic carbocycles. The molecule has 0 aromatic heterocycles. The fourth-order valence-corrected chi connectivity index (χ4v) is 2.03. The number of esters is 1. The van der Waals surface area contributed by atoms with Crippen molar-refractivity contribution >= 4 is 18.2 Å². The van der Waals surface area contributed by atoms with Crippen molar-refractivity contribution < 1.29 is 28.6 Å². The van der Waals surface area contributed by atoms with Gasteiger partial charge in [0.2, 0.25) is 0 Å². The summed E-state index contributed by atoms with van der Waals surface area (Å²) in [6.07, 6.45) is 1.32. The lowest BCUT2D eigenvalue weighted by Crippen LogP contribution is -2.47. The number of aldehydes is 1. The van der Waals surface area contributed by atoms with E-state index in [1.54, 1.807) is 12.1 Å². The number of hydrogen-bond donors (Lipinski definition) is 1. The summed E-state index contributed by atoms with van der Waals surface area (Å²) in [6.45, 7) is 3.44. The second kappa shape index (κ2) is 9.54. The summed E-state index contributed by atoms with van der Waals surface area (Å²) in [5, 5.41) is 2.60. The van der Waals surface area contributed by atoms with E-state index in [1.807, 2.05) is 13.8 Å². The second-order valence-corrected chi connectivity index (χ2v) is 5.26. The molecule has 1 N–H and O–H groups in total. The van der Waals surface area contributed by atoms with Crippen LogP contribution in [0.15, 0.2) is 18.2 Å². The van der Waals surface area contributed by atoms with Crippen LogP contribution in [0.5, 0.6) is 11.5 Å². The summed E-state index contributed by atoms with van der Waals surface area (Å²) in [5.74, 6) is -0.280. The van der Waals surface area contributed by atoms with Crippen LogP contribution in [0.2, 0.25) is 0 Å². The Morgan fingerprint density at radius 1 is 1.29 bits per heavy atom. The van der Waals surface area contributed by atoms with E-state index in [2.05, 4.69) is 5.32 Å². The lowest BCUT2D eigenvalue weighted by atomic mass is 9.99. The van der Waals surface area contributed by atoms with Gasteiger partial charge in [0.1, 0.15) is 17.5 Å². The largest absolute Gasteiger partial charge is 0.497 e. The normalized spacial score (nSPS) is 12.7. The first-order valence-electron chi connectivity index (χ1n) is 7.60. The molecule has 0 fully saturated rings. The lowest BCUT2D eigenvalue weighted by molar-refractivity contribution is -0.146. The molecule has 0 saturated heterocycles. The highest BCUT2D eigenvalue weighted by Crippen LogP contribution is 2.22. The van der Waals surface area contributed by atoms with Crippen molar-refractivity contribution in [2.45, 2.75) is 26.3 Å². The number of hydrogen-bond acceptors (Lipinski definition) is 6. The van der Waals surface area contributed by atoms with Crippen molar-refractivity contribution in [3.63, 3.8) is 0 Å². The molecule has 1 rings (SSSR count). The van der Waals surface area contributed by atoms with Gasteiger partial charge in [-0.3, -0.25) is 9.59 Å². The van der Waals surface area contributed by atoms with Crippen LogP contribution in [-0.2, 0) is 14.3 Å². The van der Waals surface area contributed by atoms with Crippen LogP contribution in [0.3, 0.4) is 0 Å². The third-order valence-electron chi connectivity index (χ3n) is 3.69. The van der Waals surface area contributed by atoms with Crippen molar-refractivity contribution in [1.82, 2.24) is 5.32 Å². The fraction of sp³-hybridized carbons (Fsp3) is 0.471. The first kappa shape index (κ1) is 19.5. The summed E-state index contributed by atoms with van der Waals surface area (Å²) < 4.78 is 15.1. The average molecular weight is 337 g/mol. The number of benzene rings is 1. The van der Waals surface area contributed by atoms with Crippen molar-refractivity contribution in [3.05, 3.63) is 23.8 Å². The van der Waals surface area contributed by atoms with E-state index in [1.165, 1.54) is 20.3 Å². The van der Waals surface area contributed by atoms with Gasteiger partial charge in [-0.05, 0) is 24.1 Å². The van der Waals surface area contributed by atoms with E-state index in [0.29, 0.717) is 18.5 Å². The highest BCUT2D eigenvalue weighted by atomic mass is 16.5. The van der Waals surface area contributed by atoms with E-state index >= 15 is 0 Å². The Morgan fingerprint density at radius 3 is 2.54 bits per heavy atom. The number of nitrogens with one attached hydrogen (secondary N) is 1. The minimum Gasteiger partial charge on any atom is -0.497 e. The molecule has 0 heterocycles. The number of ether oxygens (including phenoxy) is 3. The van der Waals surface area contributed by atoms with Gasteiger partial charge in [0.25, 0.3) is 5.91 Å². The zero-order chi connectivity index (χ0) is 18.1. The van der Waals surface area contributed by atoms with Gasteiger partial charge < -0.3 is 19.5 Å². The molecule has 1 amide bonds. The van der Waals surface area contributed by atoms with E-state index in [-0.39, 0.29) is 23.8 Å². The topological polar surface area (TPSA) is 90.9 Å². The highest BCUT2D eigenvalue weighted by Gasteiger charge is 2.26. The van der Waals surface area contributed by atoms with Gasteiger partial charge in [0.15, 0.2) is 12.9 Å². The summed E-state index contributed by atoms with van der Waals surface area (Å²) in [7, 11) is 2.76. The maximum absolute atomic E-state index is 12.0. The van der Waals surface area contributed by atoms with Crippen LogP contribution < -0.4 is 14.8 Å². The van der Waals surface area contributed by atoms with E-state index in [9.17, 15) is 14.4 Å². The molecule has 0 radical (unpaired) electrons. The molecule has 0 unspecified atom stereocenters. The van der Waals surface area contributed by atoms with Gasteiger partial charge >= 0.3 is 5.97 Å². The monoisotopic (exact) mass is 337 g/mol. The average Bonchev–Trinajstić information content (AvgIpc) is 2.62. The summed E-state index contributed by atoms with van der Waals surface area (Å²) in [5.41, 5.74) is 0.272. The van der Waals surface area contributed by atoms with Crippen LogP contribution in [0.25, 0.3) is 0 Å². The van der Waals surface area contributed by atoms with Crippen molar-refractivity contribution in [1.29, 1.82) is 0 Å². The minimum atomic E-state index is -0.738. The number of carbonyl (C=O) groups is 3. The van der Waals surface area contributed by atoms with Crippen LogP contribution in [0.1, 0.15) is 30.6 Å². The maximum atomic E-state index is 12.0. The predicted molar refractivity (Wildman–Crippen MR) is 87.3 cm³/mol. The van der Waals surface area contributed by atoms with Gasteiger partial charge in [-0.25, -0.2) is 4.79 Å². The SMILES string of the molecule is CC[C@H](C)[C@H](NC(=O)COc1ccc(OC)cc1C=O)C(=O)OC. The fourth-order valence-electron chi connectivity index (χ4n) is 2.03. The molecule has 24 heavy (non-hydrogen) atoms. The van der Waals surface area contributed by atoms with E-state index in [0.717, 1.165) is 0 Å². The van der Waals surface area contributed by atoms with Gasteiger partial charge in [-0.2, -0.15) is 0 Å². The lowest BCUT2D eigenvalue weighted by Gasteiger charge is -2.21. The molecule has 7 heteroatoms. The molecule has 0 bridgehead atoms. The Labute approximate surface area is 141 Å². The molecule has 2 atom stereocenters. The molecule has 132 valence electrons. The standard InChI is InChI=1S/C17H23NO6/c1-5-11(2)16(17(21)23-4)18-15(20)10-24-14-7-6-13(22-3)8-12(14)9-19/h6-9,11,16H,5,10H2,1-4H3,(H,18,20)/t11-,16-/m0/s1. The van der Waals surface area contributed by atoms with Gasteiger partial charge in [0.05, 0.1) is 19.8 Å². The molecular formula is C17H23NO6. The van der Waals surface area contributed by atoms with Gasteiger partial charge in [0, 0.05) is 0 Å². The Hall–Kier alpha value is -2.57. The molecule has 0 saturated carbocycles. The highest BCUT2D eigenvalue weighted by molar-refractivity contribution is 5.86. The smallest absolute Gasteiger partial charge is 0.328 e. The Kier molecular flexibility index (Phi) is 7.74. The third-order valence-corrected chi connectivity index (χ3v) is 3.69. The van der Waals surface area contributed by atoms with E-state index in [4.69, 9.17) is 14.2 Å². The molecule has 0 aliphatic carbocycles. The molecule has 0 aliphatic rings. The van der Waals surface area contributed by atoms with Crippen LogP contribution in [-0.4, -0.2) is 45.0 Å². The van der Waals surface area contributed by atoms with Crippen molar-refractivity contribution in [3.8, 4) is 11.5 Å². The Bertz CT molecular complexity index is 586. The molecular weight excluding hydrogens is 314 g/mol. The summed E-state index contributed by atoms with van der Waals surface area (Å²) in [6, 6.07) is 3.94. The zero-order valence-electron chi connectivity index (χ0n) is 14.3. The first-order valence-corrected chi connectivity index (χ1v) is 7.60. The number of amides is 1. The van der Waals surface area contributed by atoms with Gasteiger partial charge in [-0.15, -0.1) is 0 Å². The third kappa shape index (κ3) is 5.26. The molecule has 0 aliphatic heterocycles. The molecule has 0 spiro atoms. The summed E-state index contributed by atoms with van der Waals surface area (Å²) >= 11 is 0. The second-order valence-electron chi connectivity index (χ2n) is 5.26. The number of carbonyl (C=O) groups excluding carboxylic acids is 3. The number of rotatable bonds is 9. The number of methoxy groups -OCH3 is 2. The van der Waals surface area contributed by atoms with Crippen molar-refractivity contribution in [2.24, 2.45) is 5.92 Å². The van der Waals surface area contributed by atoms with Crippen molar-refractivity contribution in [2.75, 3.05) is 20.8 Å². The quantitative estimate of drug-likeness (QED) is 0.543. The first-order chi connectivity index (χ1) is 11.5. The van der Waals surface area contributed by atoms with Crippen LogP contribution in [0, 0.1) is 5.92 Å². The predicted octanol–water partition coefficient (Wildman–Crippen LogP) is 1.59. The summed E-state index contributed by atoms with van der Waals surface area (Å²) in [4.78, 5) is 34.9. The molecule has 7 nitrogen and oxygen atoms in total. The molecule has 1 aromatic rings. The Morgan fingerprint density at radius 2 is 2.00 bits per heavy atom. The van der Waals surface area contributed by atoms with E-state index < -0.39 is 17.9 Å². The van der Waals surface area contributed by atoms with Gasteiger partial charge in [-0.1, -0.05) is 20.3 Å². The zero-order valence-corrected chi connectivity index (χ0v) is 14.3. The Balaban J connectivity index is 2.71. The van der Waals surface area contributed by atoms with Crippen LogP contribution >= 0.6 is 0 Å². The van der Waals surface area contributed by atoms with Crippen LogP contribution in [0.4, 0.5) is 0 Å². The minimum absolute atomic E-state index is 0.0760.